The maximum absolute atomic E-state index is 11.8. The number of H-pyrrole nitrogens is 1. The number of anilines is 1. The lowest BCUT2D eigenvalue weighted by Crippen LogP contribution is -2.41. The number of hydrogen-bond acceptors (Lipinski definition) is 4. The number of rotatable bonds is 3. The Morgan fingerprint density at radius 1 is 1.25 bits per heavy atom. The summed E-state index contributed by atoms with van der Waals surface area (Å²) in [7, 11) is 2.04. The molecule has 4 rings (SSSR count). The van der Waals surface area contributed by atoms with Gasteiger partial charge in [-0.15, -0.1) is 0 Å². The van der Waals surface area contributed by atoms with Gasteiger partial charge in [0.05, 0.1) is 5.52 Å². The van der Waals surface area contributed by atoms with Crippen molar-refractivity contribution >= 4 is 16.7 Å². The van der Waals surface area contributed by atoms with Gasteiger partial charge in [0.25, 0.3) is 5.56 Å². The van der Waals surface area contributed by atoms with Crippen LogP contribution in [0, 0.1) is 0 Å². The molecule has 3 aromatic rings. The van der Waals surface area contributed by atoms with Crippen LogP contribution >= 0.6 is 0 Å². The maximum Gasteiger partial charge on any atom is 0.290 e. The van der Waals surface area contributed by atoms with Crippen LogP contribution in [0.4, 0.5) is 5.82 Å². The molecular formula is C18H20N4O2. The molecule has 0 spiro atoms. The van der Waals surface area contributed by atoms with E-state index in [0.717, 1.165) is 37.1 Å². The first-order valence-electron chi connectivity index (χ1n) is 8.22. The van der Waals surface area contributed by atoms with Gasteiger partial charge in [0, 0.05) is 57.0 Å². The van der Waals surface area contributed by atoms with Gasteiger partial charge < -0.3 is 19.2 Å². The standard InChI is InChI=1S/C18H20N4O2/c1-21-10-7-14-15(21)3-2-4-16(14)24-13-5-11-22(12-6-13)17-18(23)20-9-8-19-17/h2-4,7-10,13H,5-6,11-12H2,1H3,(H,20,23). The van der Waals surface area contributed by atoms with Crippen molar-refractivity contribution in [2.24, 2.45) is 7.05 Å². The average molecular weight is 324 g/mol. The van der Waals surface area contributed by atoms with Crippen LogP contribution in [0.25, 0.3) is 10.9 Å². The Balaban J connectivity index is 1.46. The summed E-state index contributed by atoms with van der Waals surface area (Å²) in [6, 6.07) is 8.24. The first kappa shape index (κ1) is 14.8. The predicted octanol–water partition coefficient (Wildman–Crippen LogP) is 2.31. The van der Waals surface area contributed by atoms with Crippen LogP contribution in [-0.2, 0) is 7.05 Å². The Bertz CT molecular complexity index is 907. The molecule has 0 aliphatic carbocycles. The number of nitrogens with zero attached hydrogens (tertiary/aromatic N) is 3. The Kier molecular flexibility index (Phi) is 3.72. The number of aryl methyl sites for hydroxylation is 1. The topological polar surface area (TPSA) is 63.1 Å². The van der Waals surface area contributed by atoms with Gasteiger partial charge in [-0.05, 0) is 18.2 Å². The van der Waals surface area contributed by atoms with Crippen LogP contribution in [0.5, 0.6) is 5.75 Å². The minimum Gasteiger partial charge on any atom is -0.490 e. The SMILES string of the molecule is Cn1ccc2c(OC3CCN(c4ncc[nH]c4=O)CC3)cccc21. The molecule has 2 aromatic heterocycles. The molecule has 0 saturated carbocycles. The molecule has 0 atom stereocenters. The molecule has 1 saturated heterocycles. The van der Waals surface area contributed by atoms with Crippen molar-refractivity contribution in [1.29, 1.82) is 0 Å². The molecule has 3 heterocycles. The molecule has 1 N–H and O–H groups in total. The van der Waals surface area contributed by atoms with Gasteiger partial charge in [0.2, 0.25) is 0 Å². The van der Waals surface area contributed by atoms with Gasteiger partial charge in [0.1, 0.15) is 11.9 Å². The normalized spacial score (nSPS) is 15.8. The fraction of sp³-hybridized carbons (Fsp3) is 0.333. The van der Waals surface area contributed by atoms with E-state index in [1.165, 1.54) is 5.52 Å². The number of aromatic amines is 1. The van der Waals surface area contributed by atoms with Crippen molar-refractivity contribution in [3.05, 3.63) is 53.2 Å². The van der Waals surface area contributed by atoms with Gasteiger partial charge in [-0.25, -0.2) is 4.98 Å². The number of ether oxygens (including phenoxy) is 1. The van der Waals surface area contributed by atoms with Crippen LogP contribution in [0.3, 0.4) is 0 Å². The van der Waals surface area contributed by atoms with E-state index >= 15 is 0 Å². The minimum atomic E-state index is -0.133. The lowest BCUT2D eigenvalue weighted by molar-refractivity contribution is 0.173. The van der Waals surface area contributed by atoms with Crippen LogP contribution < -0.4 is 15.2 Å². The van der Waals surface area contributed by atoms with E-state index in [0.29, 0.717) is 5.82 Å². The van der Waals surface area contributed by atoms with Crippen molar-refractivity contribution < 1.29 is 4.74 Å². The molecule has 0 radical (unpaired) electrons. The molecule has 6 heteroatoms. The quantitative estimate of drug-likeness (QED) is 0.803. The van der Waals surface area contributed by atoms with Gasteiger partial charge in [-0.1, -0.05) is 6.07 Å². The highest BCUT2D eigenvalue weighted by molar-refractivity contribution is 5.86. The second-order valence-electron chi connectivity index (χ2n) is 6.16. The summed E-state index contributed by atoms with van der Waals surface area (Å²) < 4.78 is 8.35. The fourth-order valence-corrected chi connectivity index (χ4v) is 3.31. The zero-order chi connectivity index (χ0) is 16.5. The average Bonchev–Trinajstić information content (AvgIpc) is 2.99. The van der Waals surface area contributed by atoms with Crippen LogP contribution in [0.1, 0.15) is 12.8 Å². The number of piperidine rings is 1. The molecule has 1 aliphatic rings. The molecule has 1 aromatic carbocycles. The molecule has 0 amide bonds. The van der Waals surface area contributed by atoms with E-state index in [1.54, 1.807) is 12.4 Å². The third-order valence-corrected chi connectivity index (χ3v) is 4.61. The molecule has 1 aliphatic heterocycles. The van der Waals surface area contributed by atoms with E-state index in [4.69, 9.17) is 4.74 Å². The molecule has 24 heavy (non-hydrogen) atoms. The second kappa shape index (κ2) is 6.03. The number of nitrogens with one attached hydrogen (secondary N) is 1. The highest BCUT2D eigenvalue weighted by Crippen LogP contribution is 2.29. The Labute approximate surface area is 139 Å². The van der Waals surface area contributed by atoms with Crippen molar-refractivity contribution in [3.8, 4) is 5.75 Å². The van der Waals surface area contributed by atoms with Crippen molar-refractivity contribution in [2.45, 2.75) is 18.9 Å². The minimum absolute atomic E-state index is 0.133. The van der Waals surface area contributed by atoms with Crippen LogP contribution in [-0.4, -0.2) is 33.7 Å². The first-order valence-corrected chi connectivity index (χ1v) is 8.22. The van der Waals surface area contributed by atoms with Gasteiger partial charge in [0.15, 0.2) is 5.82 Å². The van der Waals surface area contributed by atoms with Crippen molar-refractivity contribution in [3.63, 3.8) is 0 Å². The lowest BCUT2D eigenvalue weighted by Gasteiger charge is -2.32. The summed E-state index contributed by atoms with van der Waals surface area (Å²) in [5.41, 5.74) is 1.04. The first-order chi connectivity index (χ1) is 11.7. The zero-order valence-electron chi connectivity index (χ0n) is 13.6. The number of hydrogen-bond donors (Lipinski definition) is 1. The van der Waals surface area contributed by atoms with Crippen LogP contribution in [0.2, 0.25) is 0 Å². The molecule has 0 unspecified atom stereocenters. The van der Waals surface area contributed by atoms with Crippen molar-refractivity contribution in [2.75, 3.05) is 18.0 Å². The van der Waals surface area contributed by atoms with Crippen LogP contribution in [0.15, 0.2) is 47.7 Å². The van der Waals surface area contributed by atoms with Crippen molar-refractivity contribution in [1.82, 2.24) is 14.5 Å². The smallest absolute Gasteiger partial charge is 0.290 e. The summed E-state index contributed by atoms with van der Waals surface area (Å²) >= 11 is 0. The molecule has 124 valence electrons. The highest BCUT2D eigenvalue weighted by Gasteiger charge is 2.23. The largest absolute Gasteiger partial charge is 0.490 e. The zero-order valence-corrected chi connectivity index (χ0v) is 13.6. The summed E-state index contributed by atoms with van der Waals surface area (Å²) in [4.78, 5) is 20.7. The second-order valence-corrected chi connectivity index (χ2v) is 6.16. The van der Waals surface area contributed by atoms with E-state index in [2.05, 4.69) is 26.7 Å². The number of benzene rings is 1. The summed E-state index contributed by atoms with van der Waals surface area (Å²) in [5.74, 6) is 1.43. The maximum atomic E-state index is 11.8. The Hall–Kier alpha value is -2.76. The van der Waals surface area contributed by atoms with E-state index < -0.39 is 0 Å². The van der Waals surface area contributed by atoms with Gasteiger partial charge in [-0.2, -0.15) is 0 Å². The van der Waals surface area contributed by atoms with E-state index in [-0.39, 0.29) is 11.7 Å². The van der Waals surface area contributed by atoms with Gasteiger partial charge >= 0.3 is 0 Å². The third-order valence-electron chi connectivity index (χ3n) is 4.61. The monoisotopic (exact) mass is 324 g/mol. The molecule has 1 fully saturated rings. The highest BCUT2D eigenvalue weighted by atomic mass is 16.5. The third kappa shape index (κ3) is 2.64. The molecule has 0 bridgehead atoms. The lowest BCUT2D eigenvalue weighted by atomic mass is 10.1. The fourth-order valence-electron chi connectivity index (χ4n) is 3.31. The predicted molar refractivity (Wildman–Crippen MR) is 93.6 cm³/mol. The number of fused-ring (bicyclic) bond motifs is 1. The Morgan fingerprint density at radius 3 is 2.88 bits per heavy atom. The summed E-state index contributed by atoms with van der Waals surface area (Å²) in [5, 5.41) is 1.14. The number of aromatic nitrogens is 3. The molecular weight excluding hydrogens is 304 g/mol. The Morgan fingerprint density at radius 2 is 2.08 bits per heavy atom. The summed E-state index contributed by atoms with van der Waals surface area (Å²) in [6.07, 6.45) is 7.14. The van der Waals surface area contributed by atoms with E-state index in [1.807, 2.05) is 30.3 Å². The molecule has 6 nitrogen and oxygen atoms in total. The van der Waals surface area contributed by atoms with E-state index in [9.17, 15) is 4.79 Å². The summed E-state index contributed by atoms with van der Waals surface area (Å²) in [6.45, 7) is 1.55. The van der Waals surface area contributed by atoms with Gasteiger partial charge in [-0.3, -0.25) is 4.79 Å².